The topological polar surface area (TPSA) is 43.4 Å². The van der Waals surface area contributed by atoms with Gasteiger partial charge in [-0.05, 0) is 32.4 Å². The van der Waals surface area contributed by atoms with Crippen LogP contribution in [-0.2, 0) is 4.79 Å². The van der Waals surface area contributed by atoms with Crippen LogP contribution in [0.4, 0.5) is 0 Å². The number of rotatable bonds is 41. The SMILES string of the molecule is CCCCCCCCCCCCCCCCCCCCN(CCCCCCCCCCCCCCCCCCCC)CCC(=O)[O-].[K+]. The normalized spacial score (nSPS) is 11.4. The minimum Gasteiger partial charge on any atom is -0.550 e. The molecule has 0 heterocycles. The maximum Gasteiger partial charge on any atom is 1.00 e. The van der Waals surface area contributed by atoms with Gasteiger partial charge in [-0.25, -0.2) is 0 Å². The van der Waals surface area contributed by atoms with E-state index in [1.807, 2.05) is 0 Å². The van der Waals surface area contributed by atoms with Gasteiger partial charge in [0.05, 0.1) is 0 Å². The molecule has 0 atom stereocenters. The van der Waals surface area contributed by atoms with Crippen LogP contribution in [-0.4, -0.2) is 30.5 Å². The summed E-state index contributed by atoms with van der Waals surface area (Å²) in [5.74, 6) is -0.902. The summed E-state index contributed by atoms with van der Waals surface area (Å²) < 4.78 is 0. The largest absolute Gasteiger partial charge is 1.00 e. The molecule has 0 amide bonds. The summed E-state index contributed by atoms with van der Waals surface area (Å²) in [5.41, 5.74) is 0. The van der Waals surface area contributed by atoms with Crippen molar-refractivity contribution < 1.29 is 61.3 Å². The number of aliphatic carboxylic acids is 1. The van der Waals surface area contributed by atoms with Crippen LogP contribution < -0.4 is 56.5 Å². The molecular formula is C43H86KNO2. The molecule has 0 spiro atoms. The zero-order valence-corrected chi connectivity index (χ0v) is 36.2. The van der Waals surface area contributed by atoms with Crippen molar-refractivity contribution >= 4 is 5.97 Å². The van der Waals surface area contributed by atoms with E-state index in [-0.39, 0.29) is 57.8 Å². The summed E-state index contributed by atoms with van der Waals surface area (Å²) >= 11 is 0. The van der Waals surface area contributed by atoms with Crippen LogP contribution in [0.25, 0.3) is 0 Å². The van der Waals surface area contributed by atoms with E-state index in [1.54, 1.807) is 0 Å². The van der Waals surface area contributed by atoms with Gasteiger partial charge in [-0.2, -0.15) is 0 Å². The average Bonchev–Trinajstić information content (AvgIpc) is 3.05. The molecule has 0 aromatic heterocycles. The summed E-state index contributed by atoms with van der Waals surface area (Å²) in [5, 5.41) is 11.0. The van der Waals surface area contributed by atoms with Crippen molar-refractivity contribution in [3.63, 3.8) is 0 Å². The summed E-state index contributed by atoms with van der Waals surface area (Å²) in [6.07, 6.45) is 50.7. The number of hydrogen-bond acceptors (Lipinski definition) is 3. The van der Waals surface area contributed by atoms with Crippen LogP contribution in [0.3, 0.4) is 0 Å². The third-order valence-electron chi connectivity index (χ3n) is 10.3. The Morgan fingerprint density at radius 3 is 0.723 bits per heavy atom. The number of carbonyl (C=O) groups excluding carboxylic acids is 1. The van der Waals surface area contributed by atoms with Crippen LogP contribution in [0.15, 0.2) is 0 Å². The number of hydrogen-bond donors (Lipinski definition) is 0. The van der Waals surface area contributed by atoms with E-state index in [2.05, 4.69) is 18.7 Å². The predicted molar refractivity (Wildman–Crippen MR) is 204 cm³/mol. The summed E-state index contributed by atoms with van der Waals surface area (Å²) in [4.78, 5) is 13.4. The Balaban J connectivity index is 0. The third-order valence-corrected chi connectivity index (χ3v) is 10.3. The van der Waals surface area contributed by atoms with Crippen LogP contribution in [0, 0.1) is 0 Å². The molecule has 0 N–H and O–H groups in total. The van der Waals surface area contributed by atoms with Crippen molar-refractivity contribution in [2.75, 3.05) is 19.6 Å². The molecule has 0 aromatic rings. The zero-order chi connectivity index (χ0) is 33.4. The van der Waals surface area contributed by atoms with Gasteiger partial charge in [0.1, 0.15) is 0 Å². The second kappa shape index (κ2) is 45.1. The Kier molecular flexibility index (Phi) is 48.1. The summed E-state index contributed by atoms with van der Waals surface area (Å²) in [6, 6.07) is 0. The first kappa shape index (κ1) is 50.2. The maximum absolute atomic E-state index is 11.0. The van der Waals surface area contributed by atoms with Crippen molar-refractivity contribution in [1.82, 2.24) is 4.90 Å². The first-order chi connectivity index (χ1) is 22.7. The van der Waals surface area contributed by atoms with Crippen LogP contribution in [0.1, 0.15) is 251 Å². The van der Waals surface area contributed by atoms with Crippen molar-refractivity contribution in [2.24, 2.45) is 0 Å². The zero-order valence-electron chi connectivity index (χ0n) is 33.0. The summed E-state index contributed by atoms with van der Waals surface area (Å²) in [7, 11) is 0. The van der Waals surface area contributed by atoms with E-state index in [0.717, 1.165) is 13.1 Å². The molecule has 0 fully saturated rings. The standard InChI is InChI=1S/C43H87NO2.K/c1-3-5-7-9-11-13-15-17-19-21-23-25-27-29-31-33-35-37-40-44(42-39-43(45)46)41-38-36-34-32-30-28-26-24-22-20-18-16-14-12-10-8-6-4-2;/h3-42H2,1-2H3,(H,45,46);/q;+1/p-1. The fraction of sp³-hybridized carbons (Fsp3) is 0.977. The Hall–Kier alpha value is 1.07. The van der Waals surface area contributed by atoms with Gasteiger partial charge < -0.3 is 14.8 Å². The Morgan fingerprint density at radius 2 is 0.532 bits per heavy atom. The minimum atomic E-state index is -0.902. The second-order valence-corrected chi connectivity index (χ2v) is 15.0. The fourth-order valence-corrected chi connectivity index (χ4v) is 7.06. The van der Waals surface area contributed by atoms with Crippen molar-refractivity contribution in [3.05, 3.63) is 0 Å². The molecule has 0 bridgehead atoms. The van der Waals surface area contributed by atoms with Gasteiger partial charge in [-0.1, -0.05) is 232 Å². The minimum absolute atomic E-state index is 0. The maximum atomic E-state index is 11.0. The third kappa shape index (κ3) is 45.0. The molecular weight excluding hydrogens is 602 g/mol. The van der Waals surface area contributed by atoms with Gasteiger partial charge in [0.2, 0.25) is 0 Å². The number of carbonyl (C=O) groups is 1. The van der Waals surface area contributed by atoms with Crippen molar-refractivity contribution in [3.8, 4) is 0 Å². The van der Waals surface area contributed by atoms with E-state index in [1.165, 1.54) is 231 Å². The predicted octanol–water partition coefficient (Wildman–Crippen LogP) is 10.5. The van der Waals surface area contributed by atoms with Crippen LogP contribution in [0.2, 0.25) is 0 Å². The van der Waals surface area contributed by atoms with Gasteiger partial charge in [-0.15, -0.1) is 0 Å². The smallest absolute Gasteiger partial charge is 0.550 e. The van der Waals surface area contributed by atoms with Crippen LogP contribution >= 0.6 is 0 Å². The molecule has 3 nitrogen and oxygen atoms in total. The average molecular weight is 688 g/mol. The molecule has 0 aliphatic carbocycles. The van der Waals surface area contributed by atoms with Gasteiger partial charge in [0.25, 0.3) is 0 Å². The van der Waals surface area contributed by atoms with E-state index < -0.39 is 5.97 Å². The molecule has 0 unspecified atom stereocenters. The Bertz CT molecular complexity index is 532. The van der Waals surface area contributed by atoms with Crippen molar-refractivity contribution in [2.45, 2.75) is 251 Å². The molecule has 0 aliphatic heterocycles. The number of unbranched alkanes of at least 4 members (excludes halogenated alkanes) is 34. The molecule has 0 saturated heterocycles. The van der Waals surface area contributed by atoms with Gasteiger partial charge in [-0.3, -0.25) is 0 Å². The van der Waals surface area contributed by atoms with Crippen molar-refractivity contribution in [1.29, 1.82) is 0 Å². The van der Waals surface area contributed by atoms with E-state index in [0.29, 0.717) is 6.54 Å². The quantitative estimate of drug-likeness (QED) is 0.0475. The summed E-state index contributed by atoms with van der Waals surface area (Å²) in [6.45, 7) is 7.38. The molecule has 4 heteroatoms. The number of carboxylic acids is 1. The Morgan fingerprint density at radius 1 is 0.340 bits per heavy atom. The van der Waals surface area contributed by atoms with Gasteiger partial charge >= 0.3 is 51.4 Å². The van der Waals surface area contributed by atoms with E-state index in [4.69, 9.17) is 0 Å². The molecule has 0 rings (SSSR count). The Labute approximate surface area is 340 Å². The molecule has 0 aliphatic rings. The first-order valence-corrected chi connectivity index (χ1v) is 21.6. The van der Waals surface area contributed by atoms with Gasteiger partial charge in [0, 0.05) is 12.5 Å². The fourth-order valence-electron chi connectivity index (χ4n) is 7.06. The molecule has 276 valence electrons. The molecule has 0 radical (unpaired) electrons. The second-order valence-electron chi connectivity index (χ2n) is 15.0. The monoisotopic (exact) mass is 688 g/mol. The van der Waals surface area contributed by atoms with Gasteiger partial charge in [0.15, 0.2) is 0 Å². The van der Waals surface area contributed by atoms with Crippen LogP contribution in [0.5, 0.6) is 0 Å². The first-order valence-electron chi connectivity index (χ1n) is 21.6. The van der Waals surface area contributed by atoms with E-state index >= 15 is 0 Å². The number of nitrogens with zero attached hydrogens (tertiary/aromatic N) is 1. The number of carboxylic acid groups (broad SMARTS) is 1. The molecule has 0 aromatic carbocycles. The van der Waals surface area contributed by atoms with E-state index in [9.17, 15) is 9.90 Å². The molecule has 0 saturated carbocycles. The molecule has 47 heavy (non-hydrogen) atoms.